The smallest absolute Gasteiger partial charge is 0.0897 e. The Morgan fingerprint density at radius 3 is 3.00 bits per heavy atom. The number of rotatable bonds is 4. The summed E-state index contributed by atoms with van der Waals surface area (Å²) in [5.41, 5.74) is 0. The van der Waals surface area contributed by atoms with Crippen molar-refractivity contribution in [3.05, 3.63) is 16.1 Å². The van der Waals surface area contributed by atoms with Gasteiger partial charge in [-0.1, -0.05) is 0 Å². The molecular weight excluding hydrogens is 218 g/mol. The fraction of sp³-hybridized carbons (Fsp3) is 0.750. The van der Waals surface area contributed by atoms with Crippen molar-refractivity contribution in [2.75, 3.05) is 13.1 Å². The van der Waals surface area contributed by atoms with Gasteiger partial charge in [0, 0.05) is 42.8 Å². The summed E-state index contributed by atoms with van der Waals surface area (Å²) in [6.45, 7) is 5.62. The number of thiazole rings is 1. The molecule has 2 fully saturated rings. The molecule has 16 heavy (non-hydrogen) atoms. The van der Waals surface area contributed by atoms with Crippen LogP contribution >= 0.6 is 11.3 Å². The zero-order valence-electron chi connectivity index (χ0n) is 9.78. The molecule has 1 aliphatic carbocycles. The maximum atomic E-state index is 4.31. The Labute approximate surface area is 101 Å². The number of aromatic nitrogens is 1. The fourth-order valence-corrected chi connectivity index (χ4v) is 3.23. The first-order valence-corrected chi connectivity index (χ1v) is 7.01. The van der Waals surface area contributed by atoms with E-state index < -0.39 is 0 Å². The van der Waals surface area contributed by atoms with E-state index in [2.05, 4.69) is 22.1 Å². The molecule has 1 aromatic heterocycles. The Balaban J connectivity index is 1.49. The van der Waals surface area contributed by atoms with Gasteiger partial charge in [-0.25, -0.2) is 4.98 Å². The molecule has 4 heteroatoms. The first kappa shape index (κ1) is 10.7. The minimum absolute atomic E-state index is 0.738. The Morgan fingerprint density at radius 2 is 2.31 bits per heavy atom. The third-order valence-electron chi connectivity index (χ3n) is 3.37. The van der Waals surface area contributed by atoms with Crippen LogP contribution in [0.5, 0.6) is 0 Å². The summed E-state index contributed by atoms with van der Waals surface area (Å²) in [5.74, 6) is 0. The van der Waals surface area contributed by atoms with Crippen molar-refractivity contribution in [2.24, 2.45) is 0 Å². The third kappa shape index (κ3) is 2.62. The van der Waals surface area contributed by atoms with Crippen molar-refractivity contribution in [1.29, 1.82) is 0 Å². The van der Waals surface area contributed by atoms with E-state index in [1.54, 1.807) is 0 Å². The molecule has 3 nitrogen and oxygen atoms in total. The summed E-state index contributed by atoms with van der Waals surface area (Å²) in [6.07, 6.45) is 6.13. The van der Waals surface area contributed by atoms with Crippen molar-refractivity contribution in [2.45, 2.75) is 44.8 Å². The van der Waals surface area contributed by atoms with E-state index in [-0.39, 0.29) is 0 Å². The number of aryl methyl sites for hydroxylation is 1. The van der Waals surface area contributed by atoms with Gasteiger partial charge in [-0.2, -0.15) is 0 Å². The zero-order valence-corrected chi connectivity index (χ0v) is 10.6. The minimum Gasteiger partial charge on any atom is -0.310 e. The largest absolute Gasteiger partial charge is 0.310 e. The monoisotopic (exact) mass is 237 g/mol. The molecule has 0 radical (unpaired) electrons. The van der Waals surface area contributed by atoms with Crippen molar-refractivity contribution in [3.63, 3.8) is 0 Å². The van der Waals surface area contributed by atoms with Crippen molar-refractivity contribution in [1.82, 2.24) is 15.2 Å². The van der Waals surface area contributed by atoms with E-state index >= 15 is 0 Å². The van der Waals surface area contributed by atoms with E-state index in [1.807, 2.05) is 17.5 Å². The van der Waals surface area contributed by atoms with Crippen LogP contribution in [0, 0.1) is 6.92 Å². The van der Waals surface area contributed by atoms with Crippen molar-refractivity contribution in [3.8, 4) is 0 Å². The molecule has 1 atom stereocenters. The molecule has 88 valence electrons. The molecule has 1 saturated carbocycles. The second-order valence-electron chi connectivity index (χ2n) is 5.01. The molecule has 2 heterocycles. The predicted molar refractivity (Wildman–Crippen MR) is 66.7 cm³/mol. The lowest BCUT2D eigenvalue weighted by Crippen LogP contribution is -2.33. The number of likely N-dealkylation sites (tertiary alicyclic amines) is 1. The van der Waals surface area contributed by atoms with Gasteiger partial charge in [0.25, 0.3) is 0 Å². The van der Waals surface area contributed by atoms with Crippen LogP contribution in [0.4, 0.5) is 0 Å². The van der Waals surface area contributed by atoms with E-state index in [0.29, 0.717) is 0 Å². The Kier molecular flexibility index (Phi) is 2.96. The van der Waals surface area contributed by atoms with Gasteiger partial charge in [0.1, 0.15) is 0 Å². The first-order valence-electron chi connectivity index (χ1n) is 6.19. The molecule has 0 bridgehead atoms. The topological polar surface area (TPSA) is 28.2 Å². The Hall–Kier alpha value is -0.450. The lowest BCUT2D eigenvalue weighted by atomic mass is 10.2. The molecule has 1 unspecified atom stereocenters. The second kappa shape index (κ2) is 4.43. The van der Waals surface area contributed by atoms with E-state index in [0.717, 1.165) is 18.6 Å². The standard InChI is InChI=1S/C12H19N3S/c1-9-13-6-12(16-9)8-15-5-4-11(7-15)14-10-2-3-10/h6,10-11,14H,2-5,7-8H2,1H3. The lowest BCUT2D eigenvalue weighted by molar-refractivity contribution is 0.322. The summed E-state index contributed by atoms with van der Waals surface area (Å²) in [6, 6.07) is 1.58. The van der Waals surface area contributed by atoms with Gasteiger partial charge in [-0.3, -0.25) is 4.90 Å². The predicted octanol–water partition coefficient (Wildman–Crippen LogP) is 1.78. The maximum absolute atomic E-state index is 4.31. The number of hydrogen-bond donors (Lipinski definition) is 1. The maximum Gasteiger partial charge on any atom is 0.0897 e. The Morgan fingerprint density at radius 1 is 1.44 bits per heavy atom. The molecule has 0 spiro atoms. The van der Waals surface area contributed by atoms with Crippen LogP contribution in [0.15, 0.2) is 6.20 Å². The van der Waals surface area contributed by atoms with Crippen molar-refractivity contribution < 1.29 is 0 Å². The molecule has 2 aliphatic rings. The molecular formula is C12H19N3S. The normalized spacial score (nSPS) is 26.4. The summed E-state index contributed by atoms with van der Waals surface area (Å²) in [4.78, 5) is 8.27. The highest BCUT2D eigenvalue weighted by Gasteiger charge is 2.29. The van der Waals surface area contributed by atoms with Crippen LogP contribution < -0.4 is 5.32 Å². The summed E-state index contributed by atoms with van der Waals surface area (Å²) in [5, 5.41) is 4.90. The van der Waals surface area contributed by atoms with E-state index in [9.17, 15) is 0 Å². The fourth-order valence-electron chi connectivity index (χ4n) is 2.39. The molecule has 1 aliphatic heterocycles. The zero-order chi connectivity index (χ0) is 11.0. The van der Waals surface area contributed by atoms with Gasteiger partial charge < -0.3 is 5.32 Å². The van der Waals surface area contributed by atoms with Gasteiger partial charge in [-0.15, -0.1) is 11.3 Å². The quantitative estimate of drug-likeness (QED) is 0.865. The van der Waals surface area contributed by atoms with E-state index in [4.69, 9.17) is 0 Å². The van der Waals surface area contributed by atoms with Crippen LogP contribution in [-0.4, -0.2) is 35.1 Å². The average molecular weight is 237 g/mol. The molecule has 0 aromatic carbocycles. The average Bonchev–Trinajstić information content (AvgIpc) is 2.80. The molecule has 1 saturated heterocycles. The molecule has 1 N–H and O–H groups in total. The number of nitrogens with one attached hydrogen (secondary N) is 1. The van der Waals surface area contributed by atoms with Gasteiger partial charge in [0.2, 0.25) is 0 Å². The highest BCUT2D eigenvalue weighted by molar-refractivity contribution is 7.11. The Bertz CT molecular complexity index is 359. The number of hydrogen-bond acceptors (Lipinski definition) is 4. The van der Waals surface area contributed by atoms with Crippen LogP contribution in [-0.2, 0) is 6.54 Å². The third-order valence-corrected chi connectivity index (χ3v) is 4.27. The van der Waals surface area contributed by atoms with E-state index in [1.165, 1.54) is 42.2 Å². The summed E-state index contributed by atoms with van der Waals surface area (Å²) in [7, 11) is 0. The van der Waals surface area contributed by atoms with Crippen LogP contribution in [0.2, 0.25) is 0 Å². The molecule has 1 aromatic rings. The highest BCUT2D eigenvalue weighted by atomic mass is 32.1. The second-order valence-corrected chi connectivity index (χ2v) is 6.33. The first-order chi connectivity index (χ1) is 7.79. The number of nitrogens with zero attached hydrogens (tertiary/aromatic N) is 2. The summed E-state index contributed by atoms with van der Waals surface area (Å²) >= 11 is 1.83. The van der Waals surface area contributed by atoms with Gasteiger partial charge in [0.15, 0.2) is 0 Å². The summed E-state index contributed by atoms with van der Waals surface area (Å²) < 4.78 is 0. The molecule has 3 rings (SSSR count). The van der Waals surface area contributed by atoms with Crippen LogP contribution in [0.1, 0.15) is 29.1 Å². The SMILES string of the molecule is Cc1ncc(CN2CCC(NC3CC3)C2)s1. The van der Waals surface area contributed by atoms with Crippen LogP contribution in [0.3, 0.4) is 0 Å². The van der Waals surface area contributed by atoms with Crippen molar-refractivity contribution >= 4 is 11.3 Å². The molecule has 0 amide bonds. The van der Waals surface area contributed by atoms with Crippen LogP contribution in [0.25, 0.3) is 0 Å². The van der Waals surface area contributed by atoms with Gasteiger partial charge in [-0.05, 0) is 26.2 Å². The lowest BCUT2D eigenvalue weighted by Gasteiger charge is -2.15. The highest BCUT2D eigenvalue weighted by Crippen LogP contribution is 2.23. The minimum atomic E-state index is 0.738. The van der Waals surface area contributed by atoms with Gasteiger partial charge >= 0.3 is 0 Å². The van der Waals surface area contributed by atoms with Gasteiger partial charge in [0.05, 0.1) is 5.01 Å².